The molecule has 7 aromatic carbocycles. The van der Waals surface area contributed by atoms with E-state index in [1.807, 2.05) is 133 Å². The number of rotatable bonds is 24. The summed E-state index contributed by atoms with van der Waals surface area (Å²) in [7, 11) is 0. The van der Waals surface area contributed by atoms with Crippen molar-refractivity contribution in [3.8, 4) is 39.5 Å². The average Bonchev–Trinajstić information content (AvgIpc) is 3.64. The topological polar surface area (TPSA) is 104 Å². The zero-order valence-corrected chi connectivity index (χ0v) is 47.0. The first-order chi connectivity index (χ1) is 38.0. The molecule has 2 heterocycles. The Hall–Kier alpha value is -7.38. The zero-order valence-electron chi connectivity index (χ0n) is 44.6. The van der Waals surface area contributed by atoms with Crippen LogP contribution in [-0.2, 0) is 11.2 Å². The van der Waals surface area contributed by atoms with Crippen molar-refractivity contribution >= 4 is 83.6 Å². The van der Waals surface area contributed by atoms with Crippen LogP contribution in [0.15, 0.2) is 168 Å². The Bertz CT molecular complexity index is 3590. The minimum absolute atomic E-state index is 0.161. The summed E-state index contributed by atoms with van der Waals surface area (Å²) in [6, 6.07) is 45.0. The summed E-state index contributed by atoms with van der Waals surface area (Å²) < 4.78 is 53.5. The molecule has 0 bridgehead atoms. The monoisotopic (exact) mass is 1130 g/mol. The number of unbranched alkanes of at least 4 members (excludes halogenated alkanes) is 3. The van der Waals surface area contributed by atoms with Crippen LogP contribution in [0.25, 0.3) is 44.2 Å². The summed E-state index contributed by atoms with van der Waals surface area (Å²) in [6.07, 6.45) is 6.58. The number of aryl methyl sites for hydroxylation is 1. The molecule has 78 heavy (non-hydrogen) atoms. The van der Waals surface area contributed by atoms with Crippen LogP contribution in [0, 0.1) is 12.7 Å². The number of hydrogen-bond donors (Lipinski definition) is 0. The largest absolute Gasteiger partial charge is 0.494 e. The normalized spacial score (nSPS) is 11.3. The van der Waals surface area contributed by atoms with Crippen molar-refractivity contribution in [2.75, 3.05) is 42.8 Å². The molecular formula is C65H63BrClFN2O8. The first-order valence-electron chi connectivity index (χ1n) is 26.8. The van der Waals surface area contributed by atoms with E-state index in [1.54, 1.807) is 36.4 Å². The van der Waals surface area contributed by atoms with E-state index in [0.717, 1.165) is 83.5 Å². The van der Waals surface area contributed by atoms with Crippen molar-refractivity contribution < 1.29 is 32.2 Å². The van der Waals surface area contributed by atoms with Crippen LogP contribution in [0.4, 0.5) is 38.5 Å². The minimum Gasteiger partial charge on any atom is -0.494 e. The van der Waals surface area contributed by atoms with Crippen molar-refractivity contribution in [1.29, 1.82) is 0 Å². The SMILES string of the molecule is CCCCOc1ccc(N(c2ccc(CCOCC)cc2)c2c(C)cc3cc(-c4ccc(-c5cc6ccc(N(c7ccc(OCCCC)c(Cl)c7)c7ccc(OCCCC)cc7Br)cc6oc5=O)cc4)c(=O)oc3c2F)cc1. The lowest BCUT2D eigenvalue weighted by atomic mass is 10.00. The fraction of sp³-hybridized carbons (Fsp3) is 0.262. The van der Waals surface area contributed by atoms with Gasteiger partial charge in [0.15, 0.2) is 11.4 Å². The van der Waals surface area contributed by atoms with E-state index in [4.69, 9.17) is 39.4 Å². The fourth-order valence-electron chi connectivity index (χ4n) is 9.26. The van der Waals surface area contributed by atoms with Gasteiger partial charge in [-0.05, 0) is 181 Å². The van der Waals surface area contributed by atoms with Gasteiger partial charge in [0.2, 0.25) is 0 Å². The number of hydrogen-bond acceptors (Lipinski definition) is 10. The Balaban J connectivity index is 1.01. The number of halogens is 3. The van der Waals surface area contributed by atoms with Gasteiger partial charge in [-0.2, -0.15) is 0 Å². The molecule has 402 valence electrons. The molecule has 9 aromatic rings. The van der Waals surface area contributed by atoms with Gasteiger partial charge in [-0.15, -0.1) is 0 Å². The lowest BCUT2D eigenvalue weighted by Gasteiger charge is -2.28. The van der Waals surface area contributed by atoms with Gasteiger partial charge in [-0.25, -0.2) is 14.0 Å². The first-order valence-corrected chi connectivity index (χ1v) is 28.0. The second-order valence-corrected chi connectivity index (χ2v) is 20.3. The second kappa shape index (κ2) is 25.8. The van der Waals surface area contributed by atoms with Gasteiger partial charge in [0.1, 0.15) is 22.8 Å². The van der Waals surface area contributed by atoms with Crippen LogP contribution in [0.3, 0.4) is 0 Å². The summed E-state index contributed by atoms with van der Waals surface area (Å²) in [5.41, 5.74) is 6.34. The highest BCUT2D eigenvalue weighted by molar-refractivity contribution is 9.10. The van der Waals surface area contributed by atoms with Gasteiger partial charge in [0.05, 0.1) is 54.0 Å². The summed E-state index contributed by atoms with van der Waals surface area (Å²) in [6.45, 7) is 13.2. The lowest BCUT2D eigenvalue weighted by Crippen LogP contribution is -2.14. The summed E-state index contributed by atoms with van der Waals surface area (Å²) in [4.78, 5) is 31.7. The molecule has 2 aromatic heterocycles. The third-order valence-electron chi connectivity index (χ3n) is 13.5. The van der Waals surface area contributed by atoms with Gasteiger partial charge in [-0.1, -0.05) is 88.0 Å². The van der Waals surface area contributed by atoms with Crippen LogP contribution in [-0.4, -0.2) is 33.0 Å². The standard InChI is InChI=1S/C65H63BrClFN2O8/c1-6-10-32-74-52-26-23-49(24-27-52)70(48-20-13-43(14-21-48)31-35-73-9-4)62-42(5)36-47-38-55(65(72)78-63(47)61(62)68)45-17-15-44(16-18-45)54-37-46-19-22-51(40-60(46)77-64(54)71)69(50-25-30-59(57(67)39-50)76-34-12-8-3)58-29-28-53(41-56(58)66)75-33-11-7-2/h13-30,36-41H,6-12,31-35H2,1-5H3. The molecule has 13 heteroatoms. The van der Waals surface area contributed by atoms with Gasteiger partial charge in [0, 0.05) is 50.7 Å². The summed E-state index contributed by atoms with van der Waals surface area (Å²) in [5.74, 6) is 1.39. The van der Waals surface area contributed by atoms with E-state index in [9.17, 15) is 9.59 Å². The average molecular weight is 1130 g/mol. The highest BCUT2D eigenvalue weighted by Gasteiger charge is 2.25. The second-order valence-electron chi connectivity index (χ2n) is 19.1. The molecule has 0 aliphatic heterocycles. The van der Waals surface area contributed by atoms with Gasteiger partial charge >= 0.3 is 11.3 Å². The summed E-state index contributed by atoms with van der Waals surface area (Å²) >= 11 is 10.6. The van der Waals surface area contributed by atoms with Crippen LogP contribution >= 0.6 is 27.5 Å². The van der Waals surface area contributed by atoms with Gasteiger partial charge in [0.25, 0.3) is 0 Å². The van der Waals surface area contributed by atoms with Crippen molar-refractivity contribution in [2.24, 2.45) is 0 Å². The Morgan fingerprint density at radius 2 is 1.13 bits per heavy atom. The maximum Gasteiger partial charge on any atom is 0.344 e. The van der Waals surface area contributed by atoms with E-state index in [2.05, 4.69) is 36.7 Å². The third kappa shape index (κ3) is 12.6. The van der Waals surface area contributed by atoms with E-state index >= 15 is 4.39 Å². The van der Waals surface area contributed by atoms with Crippen molar-refractivity contribution in [1.82, 2.24) is 0 Å². The molecule has 9 rings (SSSR count). The number of benzene rings is 7. The Morgan fingerprint density at radius 3 is 1.76 bits per heavy atom. The van der Waals surface area contributed by atoms with Crippen LogP contribution in [0.2, 0.25) is 5.02 Å². The maximum atomic E-state index is 17.2. The molecule has 0 N–H and O–H groups in total. The highest BCUT2D eigenvalue weighted by atomic mass is 79.9. The van der Waals surface area contributed by atoms with E-state index < -0.39 is 17.1 Å². The van der Waals surface area contributed by atoms with E-state index in [1.165, 1.54) is 0 Å². The van der Waals surface area contributed by atoms with Gasteiger partial charge < -0.3 is 37.6 Å². The molecule has 10 nitrogen and oxygen atoms in total. The minimum atomic E-state index is -0.709. The third-order valence-corrected chi connectivity index (χ3v) is 14.4. The molecule has 0 radical (unpaired) electrons. The molecule has 0 saturated heterocycles. The molecule has 0 unspecified atom stereocenters. The number of ether oxygens (including phenoxy) is 4. The Morgan fingerprint density at radius 1 is 0.564 bits per heavy atom. The lowest BCUT2D eigenvalue weighted by molar-refractivity contribution is 0.151. The van der Waals surface area contributed by atoms with Gasteiger partial charge in [-0.3, -0.25) is 0 Å². The number of anilines is 6. The number of fused-ring (bicyclic) bond motifs is 2. The highest BCUT2D eigenvalue weighted by Crippen LogP contribution is 2.45. The van der Waals surface area contributed by atoms with Crippen molar-refractivity contribution in [3.05, 3.63) is 193 Å². The Kier molecular flexibility index (Phi) is 18.4. The fourth-order valence-corrected chi connectivity index (χ4v) is 10.0. The molecule has 0 atom stereocenters. The van der Waals surface area contributed by atoms with E-state index in [0.29, 0.717) is 93.8 Å². The smallest absolute Gasteiger partial charge is 0.344 e. The van der Waals surface area contributed by atoms with Crippen molar-refractivity contribution in [2.45, 2.75) is 79.6 Å². The molecule has 0 aliphatic rings. The van der Waals surface area contributed by atoms with Crippen LogP contribution in [0.5, 0.6) is 17.2 Å². The van der Waals surface area contributed by atoms with Crippen LogP contribution in [0.1, 0.15) is 77.3 Å². The molecule has 0 spiro atoms. The first kappa shape index (κ1) is 55.4. The van der Waals surface area contributed by atoms with Crippen molar-refractivity contribution in [3.63, 3.8) is 0 Å². The summed E-state index contributed by atoms with van der Waals surface area (Å²) in [5, 5.41) is 1.58. The quantitative estimate of drug-likeness (QED) is 0.0429. The molecular weight excluding hydrogens is 1070 g/mol. The predicted molar refractivity (Wildman–Crippen MR) is 318 cm³/mol. The Labute approximate surface area is 468 Å². The molecule has 0 amide bonds. The maximum absolute atomic E-state index is 17.2. The van der Waals surface area contributed by atoms with Crippen LogP contribution < -0.4 is 35.3 Å². The number of nitrogens with zero attached hydrogens (tertiary/aromatic N) is 2. The zero-order chi connectivity index (χ0) is 54.7. The molecule has 0 aliphatic carbocycles. The molecule has 0 saturated carbocycles. The molecule has 0 fully saturated rings. The predicted octanol–water partition coefficient (Wildman–Crippen LogP) is 18.2. The van der Waals surface area contributed by atoms with E-state index in [-0.39, 0.29) is 16.8 Å².